The number of hydrogen-bond acceptors (Lipinski definition) is 5. The Morgan fingerprint density at radius 1 is 1.47 bits per heavy atom. The number of benzene rings is 1. The maximum Gasteiger partial charge on any atom is 0.251 e. The van der Waals surface area contributed by atoms with Gasteiger partial charge in [-0.3, -0.25) is 4.79 Å². The van der Waals surface area contributed by atoms with E-state index < -0.39 is 0 Å². The van der Waals surface area contributed by atoms with Crippen LogP contribution in [0.4, 0.5) is 5.69 Å². The summed E-state index contributed by atoms with van der Waals surface area (Å²) in [6, 6.07) is 4.93. The lowest BCUT2D eigenvalue weighted by atomic mass is 10.1. The number of methoxy groups -OCH3 is 1. The summed E-state index contributed by atoms with van der Waals surface area (Å²) in [4.78, 5) is 16.3. The van der Waals surface area contributed by atoms with E-state index in [1.54, 1.807) is 29.5 Å². The van der Waals surface area contributed by atoms with E-state index >= 15 is 0 Å². The van der Waals surface area contributed by atoms with Crippen LogP contribution in [0.2, 0.25) is 0 Å². The van der Waals surface area contributed by atoms with Gasteiger partial charge in [-0.05, 0) is 19.1 Å². The average Bonchev–Trinajstić information content (AvgIpc) is 2.81. The molecule has 1 aromatic carbocycles. The van der Waals surface area contributed by atoms with E-state index in [9.17, 15) is 4.79 Å². The Bertz CT molecular complexity index is 595. The number of rotatable bonds is 4. The normalized spacial score (nSPS) is 10.2. The molecule has 0 aliphatic carbocycles. The first-order valence-electron chi connectivity index (χ1n) is 5.72. The lowest BCUT2D eigenvalue weighted by Gasteiger charge is -2.07. The van der Waals surface area contributed by atoms with E-state index in [0.717, 1.165) is 10.7 Å². The van der Waals surface area contributed by atoms with Crippen molar-refractivity contribution in [2.24, 2.45) is 0 Å². The van der Waals surface area contributed by atoms with E-state index in [0.29, 0.717) is 23.5 Å². The molecular formula is C13H15N3O2S. The molecular weight excluding hydrogens is 262 g/mol. The van der Waals surface area contributed by atoms with Crippen molar-refractivity contribution in [1.82, 2.24) is 10.3 Å². The molecule has 1 heterocycles. The third-order valence-electron chi connectivity index (χ3n) is 2.52. The summed E-state index contributed by atoms with van der Waals surface area (Å²) in [7, 11) is 1.54. The van der Waals surface area contributed by atoms with Gasteiger partial charge in [0, 0.05) is 22.7 Å². The number of aryl methyl sites for hydroxylation is 1. The van der Waals surface area contributed by atoms with Crippen molar-refractivity contribution in [3.63, 3.8) is 0 Å². The topological polar surface area (TPSA) is 77.2 Å². The SMILES string of the molecule is COc1cc(N)cc(C(=O)NCc2csc(C)n2)c1. The Kier molecular flexibility index (Phi) is 4.01. The van der Waals surface area contributed by atoms with Crippen molar-refractivity contribution in [2.45, 2.75) is 13.5 Å². The van der Waals surface area contributed by atoms with Crippen molar-refractivity contribution in [2.75, 3.05) is 12.8 Å². The fourth-order valence-electron chi connectivity index (χ4n) is 1.63. The van der Waals surface area contributed by atoms with Crippen LogP contribution in [0.15, 0.2) is 23.6 Å². The number of nitrogen functional groups attached to an aromatic ring is 1. The fraction of sp³-hybridized carbons (Fsp3) is 0.231. The molecule has 0 saturated heterocycles. The number of thiazole rings is 1. The Morgan fingerprint density at radius 3 is 2.89 bits per heavy atom. The molecule has 0 saturated carbocycles. The molecule has 0 radical (unpaired) electrons. The predicted octanol–water partition coefficient (Wildman–Crippen LogP) is 1.97. The number of amides is 1. The smallest absolute Gasteiger partial charge is 0.251 e. The lowest BCUT2D eigenvalue weighted by molar-refractivity contribution is 0.0950. The van der Waals surface area contributed by atoms with Crippen LogP contribution in [0, 0.1) is 6.92 Å². The van der Waals surface area contributed by atoms with Gasteiger partial charge in [0.1, 0.15) is 5.75 Å². The second-order valence-electron chi connectivity index (χ2n) is 4.04. The lowest BCUT2D eigenvalue weighted by Crippen LogP contribution is -2.23. The Labute approximate surface area is 115 Å². The standard InChI is InChI=1S/C13H15N3O2S/c1-8-16-11(7-19-8)6-15-13(17)9-3-10(14)5-12(4-9)18-2/h3-5,7H,6,14H2,1-2H3,(H,15,17). The van der Waals surface area contributed by atoms with Crippen LogP contribution in [0.1, 0.15) is 21.1 Å². The van der Waals surface area contributed by atoms with Gasteiger partial charge in [-0.15, -0.1) is 11.3 Å². The number of nitrogens with two attached hydrogens (primary N) is 1. The fourth-order valence-corrected chi connectivity index (χ4v) is 2.25. The number of hydrogen-bond donors (Lipinski definition) is 2. The van der Waals surface area contributed by atoms with Gasteiger partial charge >= 0.3 is 0 Å². The number of nitrogens with one attached hydrogen (secondary N) is 1. The first-order chi connectivity index (χ1) is 9.08. The highest BCUT2D eigenvalue weighted by atomic mass is 32.1. The van der Waals surface area contributed by atoms with Crippen LogP contribution in [0.5, 0.6) is 5.75 Å². The minimum atomic E-state index is -0.198. The Morgan fingerprint density at radius 2 is 2.26 bits per heavy atom. The third-order valence-corrected chi connectivity index (χ3v) is 3.35. The summed E-state index contributed by atoms with van der Waals surface area (Å²) < 4.78 is 5.08. The van der Waals surface area contributed by atoms with Crippen molar-refractivity contribution in [3.05, 3.63) is 39.8 Å². The first kappa shape index (κ1) is 13.4. The summed E-state index contributed by atoms with van der Waals surface area (Å²) >= 11 is 1.56. The molecule has 0 aliphatic heterocycles. The molecule has 0 spiro atoms. The molecule has 6 heteroatoms. The zero-order valence-corrected chi connectivity index (χ0v) is 11.6. The van der Waals surface area contributed by atoms with Gasteiger partial charge in [0.2, 0.25) is 0 Å². The minimum Gasteiger partial charge on any atom is -0.497 e. The molecule has 2 aromatic rings. The molecule has 1 aromatic heterocycles. The van der Waals surface area contributed by atoms with Crippen LogP contribution in [-0.2, 0) is 6.54 Å². The number of ether oxygens (including phenoxy) is 1. The van der Waals surface area contributed by atoms with Gasteiger partial charge < -0.3 is 15.8 Å². The summed E-state index contributed by atoms with van der Waals surface area (Å²) in [5.74, 6) is 0.367. The first-order valence-corrected chi connectivity index (χ1v) is 6.60. The van der Waals surface area contributed by atoms with Crippen molar-refractivity contribution >= 4 is 22.9 Å². The summed E-state index contributed by atoms with van der Waals surface area (Å²) in [6.45, 7) is 2.33. The summed E-state index contributed by atoms with van der Waals surface area (Å²) in [5.41, 5.74) is 7.54. The molecule has 0 fully saturated rings. The second-order valence-corrected chi connectivity index (χ2v) is 5.10. The van der Waals surface area contributed by atoms with Gasteiger partial charge in [0.25, 0.3) is 5.91 Å². The molecule has 0 bridgehead atoms. The third kappa shape index (κ3) is 3.45. The van der Waals surface area contributed by atoms with Crippen LogP contribution in [0.3, 0.4) is 0 Å². The highest BCUT2D eigenvalue weighted by molar-refractivity contribution is 7.09. The van der Waals surface area contributed by atoms with Gasteiger partial charge in [0.05, 0.1) is 24.4 Å². The van der Waals surface area contributed by atoms with E-state index in [4.69, 9.17) is 10.5 Å². The number of nitrogens with zero attached hydrogens (tertiary/aromatic N) is 1. The number of carbonyl (C=O) groups is 1. The number of anilines is 1. The maximum atomic E-state index is 12.0. The Balaban J connectivity index is 2.05. The largest absolute Gasteiger partial charge is 0.497 e. The molecule has 0 atom stereocenters. The number of carbonyl (C=O) groups excluding carboxylic acids is 1. The zero-order chi connectivity index (χ0) is 13.8. The van der Waals surface area contributed by atoms with Gasteiger partial charge in [-0.2, -0.15) is 0 Å². The number of aromatic nitrogens is 1. The van der Waals surface area contributed by atoms with Crippen LogP contribution in [-0.4, -0.2) is 18.0 Å². The highest BCUT2D eigenvalue weighted by Gasteiger charge is 2.09. The highest BCUT2D eigenvalue weighted by Crippen LogP contribution is 2.18. The molecule has 2 rings (SSSR count). The molecule has 1 amide bonds. The Hall–Kier alpha value is -2.08. The van der Waals surface area contributed by atoms with Gasteiger partial charge in [-0.1, -0.05) is 0 Å². The van der Waals surface area contributed by atoms with Crippen LogP contribution >= 0.6 is 11.3 Å². The van der Waals surface area contributed by atoms with Gasteiger partial charge in [0.15, 0.2) is 0 Å². The monoisotopic (exact) mass is 277 g/mol. The van der Waals surface area contributed by atoms with Crippen molar-refractivity contribution in [1.29, 1.82) is 0 Å². The summed E-state index contributed by atoms with van der Waals surface area (Å²) in [5, 5.41) is 5.71. The van der Waals surface area contributed by atoms with E-state index in [2.05, 4.69) is 10.3 Å². The molecule has 0 unspecified atom stereocenters. The summed E-state index contributed by atoms with van der Waals surface area (Å²) in [6.07, 6.45) is 0. The quantitative estimate of drug-likeness (QED) is 0.838. The molecule has 0 aliphatic rings. The van der Waals surface area contributed by atoms with E-state index in [1.807, 2.05) is 12.3 Å². The maximum absolute atomic E-state index is 12.0. The minimum absolute atomic E-state index is 0.198. The zero-order valence-electron chi connectivity index (χ0n) is 10.8. The second kappa shape index (κ2) is 5.71. The van der Waals surface area contributed by atoms with Crippen molar-refractivity contribution in [3.8, 4) is 5.75 Å². The van der Waals surface area contributed by atoms with Crippen LogP contribution < -0.4 is 15.8 Å². The van der Waals surface area contributed by atoms with Gasteiger partial charge in [-0.25, -0.2) is 4.98 Å². The van der Waals surface area contributed by atoms with E-state index in [-0.39, 0.29) is 5.91 Å². The molecule has 3 N–H and O–H groups in total. The average molecular weight is 277 g/mol. The van der Waals surface area contributed by atoms with Crippen molar-refractivity contribution < 1.29 is 9.53 Å². The molecule has 5 nitrogen and oxygen atoms in total. The molecule has 100 valence electrons. The predicted molar refractivity (Wildman–Crippen MR) is 75.4 cm³/mol. The molecule has 19 heavy (non-hydrogen) atoms. The van der Waals surface area contributed by atoms with Crippen LogP contribution in [0.25, 0.3) is 0 Å². The van der Waals surface area contributed by atoms with E-state index in [1.165, 1.54) is 7.11 Å².